The Morgan fingerprint density at radius 3 is 2.80 bits per heavy atom. The van der Waals surface area contributed by atoms with Crippen molar-refractivity contribution in [2.75, 3.05) is 0 Å². The zero-order chi connectivity index (χ0) is 11.3. The Morgan fingerprint density at radius 1 is 1.80 bits per heavy atom. The van der Waals surface area contributed by atoms with Crippen LogP contribution in [0, 0.1) is 11.3 Å². The van der Waals surface area contributed by atoms with E-state index in [-0.39, 0.29) is 6.10 Å². The molecule has 4 nitrogen and oxygen atoms in total. The van der Waals surface area contributed by atoms with Crippen molar-refractivity contribution in [1.29, 1.82) is 5.26 Å². The van der Waals surface area contributed by atoms with E-state index in [1.807, 2.05) is 13.0 Å². The highest BCUT2D eigenvalue weighted by Crippen LogP contribution is 2.50. The van der Waals surface area contributed by atoms with Gasteiger partial charge in [0.05, 0.1) is 6.10 Å². The van der Waals surface area contributed by atoms with E-state index in [1.165, 1.54) is 6.92 Å². The molecule has 3 atom stereocenters. The van der Waals surface area contributed by atoms with Gasteiger partial charge in [0.1, 0.15) is 11.7 Å². The van der Waals surface area contributed by atoms with E-state index in [0.717, 1.165) is 5.57 Å². The second kappa shape index (κ2) is 2.83. The summed E-state index contributed by atoms with van der Waals surface area (Å²) in [7, 11) is 0. The molecule has 0 aromatic carbocycles. The summed E-state index contributed by atoms with van der Waals surface area (Å²) in [6, 6.07) is 2.09. The molecule has 0 saturated carbocycles. The van der Waals surface area contributed by atoms with Crippen molar-refractivity contribution in [2.24, 2.45) is 0 Å². The molecule has 0 amide bonds. The van der Waals surface area contributed by atoms with Crippen LogP contribution in [0.4, 0.5) is 0 Å². The number of nitrogens with zero attached hydrogens (tertiary/aromatic N) is 1. The first-order valence-corrected chi connectivity index (χ1v) is 4.90. The quantitative estimate of drug-likeness (QED) is 0.480. The van der Waals surface area contributed by atoms with Crippen LogP contribution in [-0.2, 0) is 14.3 Å². The van der Waals surface area contributed by atoms with Crippen LogP contribution in [0.3, 0.4) is 0 Å². The van der Waals surface area contributed by atoms with Crippen LogP contribution in [0.15, 0.2) is 11.6 Å². The largest absolute Gasteiger partial charge is 0.440 e. The third-order valence-corrected chi connectivity index (χ3v) is 3.17. The molecule has 0 N–H and O–H groups in total. The van der Waals surface area contributed by atoms with Gasteiger partial charge >= 0.3 is 5.97 Å². The summed E-state index contributed by atoms with van der Waals surface area (Å²) in [6.45, 7) is 5.06. The van der Waals surface area contributed by atoms with Gasteiger partial charge in [0.15, 0.2) is 0 Å². The summed E-state index contributed by atoms with van der Waals surface area (Å²) >= 11 is 0. The maximum Gasteiger partial charge on any atom is 0.304 e. The van der Waals surface area contributed by atoms with Gasteiger partial charge in [-0.1, -0.05) is 0 Å². The van der Waals surface area contributed by atoms with E-state index in [1.54, 1.807) is 6.92 Å². The summed E-state index contributed by atoms with van der Waals surface area (Å²) in [4.78, 5) is 11.0. The van der Waals surface area contributed by atoms with Crippen LogP contribution in [0.2, 0.25) is 0 Å². The zero-order valence-corrected chi connectivity index (χ0v) is 9.03. The van der Waals surface area contributed by atoms with E-state index in [9.17, 15) is 10.1 Å². The minimum Gasteiger partial charge on any atom is -0.440 e. The van der Waals surface area contributed by atoms with Gasteiger partial charge in [-0.2, -0.15) is 5.26 Å². The van der Waals surface area contributed by atoms with Crippen molar-refractivity contribution in [3.8, 4) is 6.07 Å². The van der Waals surface area contributed by atoms with Gasteiger partial charge in [-0.15, -0.1) is 0 Å². The Morgan fingerprint density at radius 2 is 2.47 bits per heavy atom. The number of rotatable bonds is 1. The molecule has 15 heavy (non-hydrogen) atoms. The molecule has 2 aliphatic heterocycles. The molecule has 2 heterocycles. The lowest BCUT2D eigenvalue weighted by molar-refractivity contribution is -0.160. The van der Waals surface area contributed by atoms with Crippen molar-refractivity contribution in [1.82, 2.24) is 0 Å². The highest BCUT2D eigenvalue weighted by atomic mass is 16.6. The summed E-state index contributed by atoms with van der Waals surface area (Å²) in [5.41, 5.74) is -0.832. The molecule has 4 heteroatoms. The predicted octanol–water partition coefficient (Wildman–Crippen LogP) is 1.32. The number of hydrogen-bond acceptors (Lipinski definition) is 4. The lowest BCUT2D eigenvalue weighted by Crippen LogP contribution is -2.49. The van der Waals surface area contributed by atoms with Crippen molar-refractivity contribution in [3.63, 3.8) is 0 Å². The van der Waals surface area contributed by atoms with Crippen LogP contribution in [0.25, 0.3) is 0 Å². The van der Waals surface area contributed by atoms with Crippen molar-refractivity contribution in [3.05, 3.63) is 11.6 Å². The molecule has 1 fully saturated rings. The predicted molar refractivity (Wildman–Crippen MR) is 51.8 cm³/mol. The molecule has 0 spiro atoms. The molecular weight excluding hydrogens is 194 g/mol. The number of ether oxygens (including phenoxy) is 2. The van der Waals surface area contributed by atoms with Gasteiger partial charge in [-0.05, 0) is 25.5 Å². The minimum atomic E-state index is -1.15. The van der Waals surface area contributed by atoms with Gasteiger partial charge in [0.2, 0.25) is 5.60 Å². The molecule has 2 rings (SSSR count). The summed E-state index contributed by atoms with van der Waals surface area (Å²) < 4.78 is 10.9. The Bertz CT molecular complexity index is 395. The number of carbonyl (C=O) groups is 1. The monoisotopic (exact) mass is 207 g/mol. The number of nitriles is 1. The topological polar surface area (TPSA) is 59.3 Å². The van der Waals surface area contributed by atoms with Crippen LogP contribution in [0.1, 0.15) is 27.2 Å². The fourth-order valence-electron chi connectivity index (χ4n) is 2.40. The van der Waals surface area contributed by atoms with Crippen LogP contribution in [-0.4, -0.2) is 23.3 Å². The van der Waals surface area contributed by atoms with E-state index >= 15 is 0 Å². The second-order valence-corrected chi connectivity index (χ2v) is 4.34. The smallest absolute Gasteiger partial charge is 0.304 e. The molecule has 0 aromatic rings. The van der Waals surface area contributed by atoms with Gasteiger partial charge in [0, 0.05) is 13.3 Å². The Balaban J connectivity index is 2.40. The van der Waals surface area contributed by atoms with Crippen LogP contribution in [0.5, 0.6) is 0 Å². The van der Waals surface area contributed by atoms with Crippen LogP contribution < -0.4 is 0 Å². The highest BCUT2D eigenvalue weighted by molar-refractivity contribution is 5.67. The third-order valence-electron chi connectivity index (χ3n) is 3.17. The van der Waals surface area contributed by atoms with E-state index < -0.39 is 17.2 Å². The summed E-state index contributed by atoms with van der Waals surface area (Å²) in [6.07, 6.45) is 2.23. The average molecular weight is 207 g/mol. The summed E-state index contributed by atoms with van der Waals surface area (Å²) in [5, 5.41) is 9.20. The Kier molecular flexibility index (Phi) is 1.92. The molecule has 0 unspecified atom stereocenters. The zero-order valence-electron chi connectivity index (χ0n) is 9.03. The fourth-order valence-corrected chi connectivity index (χ4v) is 2.40. The minimum absolute atomic E-state index is 0.0889. The van der Waals surface area contributed by atoms with E-state index in [4.69, 9.17) is 9.47 Å². The van der Waals surface area contributed by atoms with Gasteiger partial charge in [-0.25, -0.2) is 0 Å². The fraction of sp³-hybridized carbons (Fsp3) is 0.636. The number of carbonyl (C=O) groups excluding carboxylic acids is 1. The normalized spacial score (nSPS) is 42.3. The van der Waals surface area contributed by atoms with Gasteiger partial charge in [0.25, 0.3) is 0 Å². The average Bonchev–Trinajstić information content (AvgIpc) is 2.54. The van der Waals surface area contributed by atoms with Gasteiger partial charge in [-0.3, -0.25) is 4.79 Å². The summed E-state index contributed by atoms with van der Waals surface area (Å²) in [5.74, 6) is -0.444. The van der Waals surface area contributed by atoms with Crippen molar-refractivity contribution < 1.29 is 14.3 Å². The maximum absolute atomic E-state index is 11.0. The molecule has 2 bridgehead atoms. The van der Waals surface area contributed by atoms with Crippen molar-refractivity contribution in [2.45, 2.75) is 44.5 Å². The molecular formula is C11H13NO3. The SMILES string of the molecule is CC(=O)O[C@]1(C#N)C[C@H]2O[C@]1(C)C=C2C. The van der Waals surface area contributed by atoms with Gasteiger partial charge < -0.3 is 9.47 Å². The molecule has 2 aliphatic rings. The second-order valence-electron chi connectivity index (χ2n) is 4.34. The number of esters is 1. The first kappa shape index (κ1) is 10.2. The lowest BCUT2D eigenvalue weighted by Gasteiger charge is -2.33. The first-order valence-electron chi connectivity index (χ1n) is 4.90. The highest BCUT2D eigenvalue weighted by Gasteiger charge is 2.63. The molecule has 0 aromatic heterocycles. The third kappa shape index (κ3) is 1.20. The molecule has 80 valence electrons. The standard InChI is InChI=1S/C11H13NO3/c1-7-4-10(3)11(6-12,14-8(2)13)5-9(7)15-10/h4,9H,5H2,1-3H3/t9-,10-,11+/m1/s1. The lowest BCUT2D eigenvalue weighted by atomic mass is 9.78. The van der Waals surface area contributed by atoms with Crippen molar-refractivity contribution >= 4 is 5.97 Å². The Labute approximate surface area is 88.5 Å². The molecule has 0 radical (unpaired) electrons. The maximum atomic E-state index is 11.0. The number of fused-ring (bicyclic) bond motifs is 2. The first-order chi connectivity index (χ1) is 6.92. The molecule has 0 aliphatic carbocycles. The number of hydrogen-bond donors (Lipinski definition) is 0. The Hall–Kier alpha value is -1.34. The van der Waals surface area contributed by atoms with Crippen LogP contribution >= 0.6 is 0 Å². The molecule has 1 saturated heterocycles. The van der Waals surface area contributed by atoms with E-state index in [2.05, 4.69) is 6.07 Å². The van der Waals surface area contributed by atoms with E-state index in [0.29, 0.717) is 6.42 Å².